The van der Waals surface area contributed by atoms with Crippen LogP contribution in [0.2, 0.25) is 5.02 Å². The number of piperazine rings is 1. The van der Waals surface area contributed by atoms with Crippen molar-refractivity contribution in [2.45, 2.75) is 24.0 Å². The third-order valence-electron chi connectivity index (χ3n) is 6.41. The van der Waals surface area contributed by atoms with E-state index in [1.807, 2.05) is 0 Å². The van der Waals surface area contributed by atoms with Crippen LogP contribution in [0.1, 0.15) is 6.42 Å². The molecule has 0 spiro atoms. The first kappa shape index (κ1) is 25.8. The summed E-state index contributed by atoms with van der Waals surface area (Å²) in [6.45, 7) is 4.45. The zero-order valence-electron chi connectivity index (χ0n) is 20.0. The number of aliphatic hydroxyl groups excluding tert-OH is 1. The molecule has 1 aromatic carbocycles. The normalized spacial score (nSPS) is 17.1. The van der Waals surface area contributed by atoms with Crippen molar-refractivity contribution in [1.29, 1.82) is 0 Å². The average molecular weight is 523 g/mol. The molecule has 190 valence electrons. The van der Waals surface area contributed by atoms with E-state index in [1.165, 1.54) is 10.9 Å². The van der Waals surface area contributed by atoms with Crippen LogP contribution in [0.5, 0.6) is 0 Å². The second-order valence-corrected chi connectivity index (χ2v) is 10.9. The molecule has 1 aliphatic rings. The van der Waals surface area contributed by atoms with E-state index in [0.717, 1.165) is 48.6 Å². The highest BCUT2D eigenvalue weighted by atomic mass is 35.5. The lowest BCUT2D eigenvalue weighted by atomic mass is 10.2. The highest BCUT2D eigenvalue weighted by Gasteiger charge is 2.22. The Bertz CT molecular complexity index is 1310. The van der Waals surface area contributed by atoms with Gasteiger partial charge in [0.1, 0.15) is 0 Å². The van der Waals surface area contributed by atoms with Crippen LogP contribution in [-0.2, 0) is 31.4 Å². The van der Waals surface area contributed by atoms with Gasteiger partial charge in [0.2, 0.25) is 0 Å². The van der Waals surface area contributed by atoms with Crippen molar-refractivity contribution in [2.24, 2.45) is 14.1 Å². The van der Waals surface area contributed by atoms with Crippen molar-refractivity contribution in [3.8, 4) is 0 Å². The van der Waals surface area contributed by atoms with Crippen LogP contribution in [-0.4, -0.2) is 88.9 Å². The highest BCUT2D eigenvalue weighted by molar-refractivity contribution is 7.85. The largest absolute Gasteiger partial charge is 0.390 e. The van der Waals surface area contributed by atoms with E-state index in [-0.39, 0.29) is 6.54 Å². The van der Waals surface area contributed by atoms with Crippen LogP contribution >= 0.6 is 11.6 Å². The maximum Gasteiger partial charge on any atom is 0.332 e. The molecule has 1 aliphatic heterocycles. The van der Waals surface area contributed by atoms with Crippen LogP contribution in [0, 0.1) is 0 Å². The molecule has 35 heavy (non-hydrogen) atoms. The van der Waals surface area contributed by atoms with Gasteiger partial charge in [0.25, 0.3) is 5.56 Å². The Morgan fingerprint density at radius 1 is 1.06 bits per heavy atom. The van der Waals surface area contributed by atoms with Crippen LogP contribution in [0.3, 0.4) is 0 Å². The van der Waals surface area contributed by atoms with Gasteiger partial charge in [0, 0.05) is 62.5 Å². The fourth-order valence-electron chi connectivity index (χ4n) is 4.44. The molecular weight excluding hydrogens is 492 g/mol. The predicted molar refractivity (Wildman–Crippen MR) is 136 cm³/mol. The summed E-state index contributed by atoms with van der Waals surface area (Å²) >= 11 is 5.89. The number of halogens is 1. The van der Waals surface area contributed by atoms with Crippen molar-refractivity contribution in [1.82, 2.24) is 28.5 Å². The molecule has 1 fully saturated rings. The van der Waals surface area contributed by atoms with Crippen LogP contribution in [0.4, 0.5) is 0 Å². The molecule has 0 radical (unpaired) electrons. The number of imidazole rings is 1. The number of aryl methyl sites for hydroxylation is 2. The Hall–Kier alpha value is -2.31. The van der Waals surface area contributed by atoms with Gasteiger partial charge in [0.15, 0.2) is 11.2 Å². The van der Waals surface area contributed by atoms with Gasteiger partial charge in [-0.2, -0.15) is 0 Å². The minimum Gasteiger partial charge on any atom is -0.390 e. The molecule has 2 unspecified atom stereocenters. The molecule has 4 rings (SSSR count). The molecule has 3 heterocycles. The molecule has 0 amide bonds. The van der Waals surface area contributed by atoms with Gasteiger partial charge in [-0.15, -0.1) is 0 Å². The first-order valence-corrected chi connectivity index (χ1v) is 13.3. The summed E-state index contributed by atoms with van der Waals surface area (Å²) in [5.74, 6) is 0.602. The Morgan fingerprint density at radius 2 is 1.71 bits per heavy atom. The summed E-state index contributed by atoms with van der Waals surface area (Å²) in [5, 5.41) is 11.3. The molecule has 0 aliphatic carbocycles. The second kappa shape index (κ2) is 11.2. The van der Waals surface area contributed by atoms with E-state index in [9.17, 15) is 18.9 Å². The summed E-state index contributed by atoms with van der Waals surface area (Å²) in [5.41, 5.74) is -0.254. The molecule has 2 aromatic heterocycles. The molecule has 3 aromatic rings. The van der Waals surface area contributed by atoms with E-state index in [1.54, 1.807) is 42.9 Å². The summed E-state index contributed by atoms with van der Waals surface area (Å²) in [7, 11) is 2.25. The Labute approximate surface area is 210 Å². The van der Waals surface area contributed by atoms with Crippen molar-refractivity contribution >= 4 is 33.6 Å². The Kier molecular flexibility index (Phi) is 8.23. The molecule has 1 saturated heterocycles. The summed E-state index contributed by atoms with van der Waals surface area (Å²) in [4.78, 5) is 34.9. The highest BCUT2D eigenvalue weighted by Crippen LogP contribution is 2.14. The minimum atomic E-state index is -1.03. The van der Waals surface area contributed by atoms with E-state index in [4.69, 9.17) is 11.6 Å². The third-order valence-corrected chi connectivity index (χ3v) is 8.12. The fourth-order valence-corrected chi connectivity index (χ4v) is 5.64. The molecule has 12 heteroatoms. The van der Waals surface area contributed by atoms with E-state index >= 15 is 0 Å². The number of rotatable bonds is 9. The Balaban J connectivity index is 1.24. The number of benzene rings is 1. The zero-order valence-corrected chi connectivity index (χ0v) is 21.5. The van der Waals surface area contributed by atoms with Gasteiger partial charge in [-0.3, -0.25) is 23.0 Å². The number of nitrogens with zero attached hydrogens (tertiary/aromatic N) is 6. The molecule has 1 N–H and O–H groups in total. The summed E-state index contributed by atoms with van der Waals surface area (Å²) in [6.07, 6.45) is 1.49. The van der Waals surface area contributed by atoms with E-state index in [2.05, 4.69) is 14.8 Å². The number of hydrogen-bond acceptors (Lipinski definition) is 7. The lowest BCUT2D eigenvalue weighted by Crippen LogP contribution is -2.50. The fraction of sp³-hybridized carbons (Fsp3) is 0.522. The number of aromatic nitrogens is 4. The molecule has 2 atom stereocenters. The smallest absolute Gasteiger partial charge is 0.332 e. The van der Waals surface area contributed by atoms with Crippen molar-refractivity contribution in [3.63, 3.8) is 0 Å². The first-order chi connectivity index (χ1) is 16.7. The average Bonchev–Trinajstić information content (AvgIpc) is 3.23. The van der Waals surface area contributed by atoms with Crippen LogP contribution < -0.4 is 11.2 Å². The second-order valence-electron chi connectivity index (χ2n) is 8.94. The van der Waals surface area contributed by atoms with Crippen LogP contribution in [0.15, 0.2) is 45.1 Å². The molecule has 10 nitrogen and oxygen atoms in total. The number of β-amino-alcohol motifs (C(OH)–C–C–N with tert-alkyl or cyclic N) is 1. The topological polar surface area (TPSA) is 106 Å². The number of aliphatic hydroxyl groups is 1. The lowest BCUT2D eigenvalue weighted by Gasteiger charge is -2.35. The van der Waals surface area contributed by atoms with Crippen molar-refractivity contribution in [2.75, 3.05) is 45.0 Å². The first-order valence-electron chi connectivity index (χ1n) is 11.6. The maximum atomic E-state index is 12.8. The van der Waals surface area contributed by atoms with Gasteiger partial charge < -0.3 is 14.6 Å². The monoisotopic (exact) mass is 522 g/mol. The van der Waals surface area contributed by atoms with Crippen molar-refractivity contribution in [3.05, 3.63) is 56.5 Å². The SMILES string of the molecule is Cn1cnc2c1c(=O)n(CC(O)CN1CCN(CCCS(=O)c3ccc(Cl)cc3)CC1)c(=O)n2C. The van der Waals surface area contributed by atoms with E-state index in [0.29, 0.717) is 28.5 Å². The Morgan fingerprint density at radius 3 is 2.40 bits per heavy atom. The lowest BCUT2D eigenvalue weighted by molar-refractivity contribution is 0.0632. The quantitative estimate of drug-likeness (QED) is 0.430. The molecular formula is C23H31ClN6O4S. The van der Waals surface area contributed by atoms with Gasteiger partial charge in [-0.1, -0.05) is 11.6 Å². The van der Waals surface area contributed by atoms with Gasteiger partial charge in [0.05, 0.1) is 29.8 Å². The summed E-state index contributed by atoms with van der Waals surface area (Å²) in [6, 6.07) is 7.13. The van der Waals surface area contributed by atoms with Gasteiger partial charge in [-0.05, 0) is 37.2 Å². The van der Waals surface area contributed by atoms with Crippen LogP contribution in [0.25, 0.3) is 11.2 Å². The number of hydrogen-bond donors (Lipinski definition) is 1. The molecule has 0 bridgehead atoms. The third kappa shape index (κ3) is 5.92. The standard InChI is InChI=1S/C23H31ClN6O4S/c1-26-16-25-21-20(26)22(32)30(23(33)27(21)2)15-18(31)14-29-11-9-28(10-12-29)8-3-13-35(34)19-6-4-17(24)5-7-19/h4-7,16,18,31H,3,8-15H2,1-2H3. The minimum absolute atomic E-state index is 0.0661. The zero-order chi connectivity index (χ0) is 25.1. The predicted octanol–water partition coefficient (Wildman–Crippen LogP) is 0.264. The number of fused-ring (bicyclic) bond motifs is 1. The summed E-state index contributed by atoms with van der Waals surface area (Å²) < 4.78 is 16.4. The maximum absolute atomic E-state index is 12.8. The van der Waals surface area contributed by atoms with Gasteiger partial charge >= 0.3 is 5.69 Å². The van der Waals surface area contributed by atoms with Crippen molar-refractivity contribution < 1.29 is 9.32 Å². The van der Waals surface area contributed by atoms with Gasteiger partial charge in [-0.25, -0.2) is 9.78 Å². The molecule has 0 saturated carbocycles. The van der Waals surface area contributed by atoms with E-state index < -0.39 is 28.2 Å².